The maximum atomic E-state index is 9.35. The van der Waals surface area contributed by atoms with Crippen LogP contribution in [0.15, 0.2) is 0 Å². The molecular weight excluding hydrogens is 254 g/mol. The first-order valence-electron chi connectivity index (χ1n) is 7.63. The first-order chi connectivity index (χ1) is 9.00. The van der Waals surface area contributed by atoms with Gasteiger partial charge in [-0.25, -0.2) is 0 Å². The Morgan fingerprint density at radius 2 is 2.05 bits per heavy atom. The van der Waals surface area contributed by atoms with Crippen molar-refractivity contribution >= 4 is 11.8 Å². The molecule has 0 aromatic rings. The average Bonchev–Trinajstić information content (AvgIpc) is 2.88. The fraction of sp³-hybridized carbons (Fsp3) is 0.938. The molecule has 0 spiro atoms. The minimum atomic E-state index is 0.255. The zero-order valence-electron chi connectivity index (χ0n) is 12.5. The third-order valence-electron chi connectivity index (χ3n) is 4.70. The molecule has 1 saturated heterocycles. The van der Waals surface area contributed by atoms with E-state index in [1.807, 2.05) is 11.8 Å². The van der Waals surface area contributed by atoms with Gasteiger partial charge in [0.25, 0.3) is 0 Å². The van der Waals surface area contributed by atoms with Crippen LogP contribution in [0.3, 0.4) is 0 Å². The van der Waals surface area contributed by atoms with E-state index in [9.17, 15) is 5.26 Å². The number of rotatable bonds is 3. The molecule has 0 bridgehead atoms. The molecule has 1 heterocycles. The molecular formula is C16H27NOS. The third kappa shape index (κ3) is 4.13. The van der Waals surface area contributed by atoms with Gasteiger partial charge in [0.2, 0.25) is 0 Å². The lowest BCUT2D eigenvalue weighted by Crippen LogP contribution is -2.33. The smallest absolute Gasteiger partial charge is 0.0667 e. The maximum absolute atomic E-state index is 9.35. The van der Waals surface area contributed by atoms with Crippen molar-refractivity contribution < 1.29 is 4.74 Å². The van der Waals surface area contributed by atoms with E-state index in [0.29, 0.717) is 16.8 Å². The molecule has 2 nitrogen and oxygen atoms in total. The Morgan fingerprint density at radius 1 is 1.26 bits per heavy atom. The molecule has 3 heteroatoms. The van der Waals surface area contributed by atoms with Crippen LogP contribution in [-0.4, -0.2) is 23.7 Å². The molecule has 2 fully saturated rings. The molecule has 19 heavy (non-hydrogen) atoms. The Bertz CT molecular complexity index is 325. The fourth-order valence-corrected chi connectivity index (χ4v) is 4.78. The minimum Gasteiger partial charge on any atom is -0.377 e. The van der Waals surface area contributed by atoms with Crippen molar-refractivity contribution in [1.29, 1.82) is 5.26 Å². The van der Waals surface area contributed by atoms with E-state index in [1.54, 1.807) is 0 Å². The van der Waals surface area contributed by atoms with Crippen molar-refractivity contribution in [2.24, 2.45) is 17.3 Å². The maximum Gasteiger partial charge on any atom is 0.0667 e. The Labute approximate surface area is 122 Å². The molecule has 0 aromatic heterocycles. The standard InChI is InChI=1S/C16H27NOS/c1-16(2,3)13-7-6-12(10-17)15(9-13)19-11-14-5-4-8-18-14/h12-15H,4-9,11H2,1-3H3. The van der Waals surface area contributed by atoms with Gasteiger partial charge in [-0.05, 0) is 43.4 Å². The lowest BCUT2D eigenvalue weighted by molar-refractivity contribution is 0.128. The van der Waals surface area contributed by atoms with Gasteiger partial charge in [-0.2, -0.15) is 17.0 Å². The molecule has 0 amide bonds. The van der Waals surface area contributed by atoms with Crippen molar-refractivity contribution in [3.8, 4) is 6.07 Å². The predicted molar refractivity (Wildman–Crippen MR) is 81.1 cm³/mol. The predicted octanol–water partition coefficient (Wildman–Crippen LogP) is 4.25. The van der Waals surface area contributed by atoms with E-state index in [0.717, 1.165) is 24.7 Å². The Balaban J connectivity index is 1.88. The highest BCUT2D eigenvalue weighted by atomic mass is 32.2. The van der Waals surface area contributed by atoms with Crippen LogP contribution < -0.4 is 0 Å². The van der Waals surface area contributed by atoms with Crippen LogP contribution in [0.4, 0.5) is 0 Å². The van der Waals surface area contributed by atoms with Crippen molar-refractivity contribution in [2.45, 2.75) is 64.2 Å². The normalized spacial score (nSPS) is 36.1. The second-order valence-corrected chi connectivity index (χ2v) is 8.39. The molecule has 0 radical (unpaired) electrons. The van der Waals surface area contributed by atoms with Gasteiger partial charge >= 0.3 is 0 Å². The quantitative estimate of drug-likeness (QED) is 0.775. The van der Waals surface area contributed by atoms with Crippen LogP contribution in [0.5, 0.6) is 0 Å². The van der Waals surface area contributed by atoms with Crippen molar-refractivity contribution in [2.75, 3.05) is 12.4 Å². The van der Waals surface area contributed by atoms with Crippen LogP contribution in [-0.2, 0) is 4.74 Å². The van der Waals surface area contributed by atoms with Crippen LogP contribution in [0.25, 0.3) is 0 Å². The van der Waals surface area contributed by atoms with Crippen LogP contribution >= 0.6 is 11.8 Å². The molecule has 4 unspecified atom stereocenters. The highest BCUT2D eigenvalue weighted by molar-refractivity contribution is 7.99. The highest BCUT2D eigenvalue weighted by Crippen LogP contribution is 2.44. The summed E-state index contributed by atoms with van der Waals surface area (Å²) in [6.07, 6.45) is 6.38. The van der Waals surface area contributed by atoms with Crippen molar-refractivity contribution in [3.63, 3.8) is 0 Å². The number of nitriles is 1. The van der Waals surface area contributed by atoms with Crippen molar-refractivity contribution in [1.82, 2.24) is 0 Å². The molecule has 1 aliphatic carbocycles. The van der Waals surface area contributed by atoms with Crippen LogP contribution in [0.2, 0.25) is 0 Å². The summed E-state index contributed by atoms with van der Waals surface area (Å²) in [7, 11) is 0. The van der Waals surface area contributed by atoms with Crippen LogP contribution in [0.1, 0.15) is 52.9 Å². The van der Waals surface area contributed by atoms with Gasteiger partial charge in [-0.3, -0.25) is 0 Å². The van der Waals surface area contributed by atoms with E-state index < -0.39 is 0 Å². The second kappa shape index (κ2) is 6.50. The lowest BCUT2D eigenvalue weighted by atomic mass is 9.70. The summed E-state index contributed by atoms with van der Waals surface area (Å²) in [5, 5.41) is 9.87. The topological polar surface area (TPSA) is 33.0 Å². The molecule has 0 N–H and O–H groups in total. The molecule has 2 aliphatic rings. The Morgan fingerprint density at radius 3 is 2.63 bits per heavy atom. The SMILES string of the molecule is CC(C)(C)C1CCC(C#N)C(SCC2CCCO2)C1. The van der Waals surface area contributed by atoms with Crippen molar-refractivity contribution in [3.05, 3.63) is 0 Å². The van der Waals surface area contributed by atoms with Gasteiger partial charge in [0.15, 0.2) is 0 Å². The summed E-state index contributed by atoms with van der Waals surface area (Å²) in [5.41, 5.74) is 0.378. The summed E-state index contributed by atoms with van der Waals surface area (Å²) in [6, 6.07) is 2.54. The number of hydrogen-bond acceptors (Lipinski definition) is 3. The third-order valence-corrected chi connectivity index (χ3v) is 6.22. The molecule has 2 rings (SSSR count). The lowest BCUT2D eigenvalue weighted by Gasteiger charge is -2.39. The Hall–Kier alpha value is -0.200. The number of nitrogens with zero attached hydrogens (tertiary/aromatic N) is 1. The van der Waals surface area contributed by atoms with E-state index >= 15 is 0 Å². The zero-order chi connectivity index (χ0) is 13.9. The molecule has 1 aliphatic heterocycles. The first kappa shape index (κ1) is 15.2. The summed E-state index contributed by atoms with van der Waals surface area (Å²) in [5.74, 6) is 2.10. The zero-order valence-corrected chi connectivity index (χ0v) is 13.3. The summed E-state index contributed by atoms with van der Waals surface area (Å²) >= 11 is 2.00. The van der Waals surface area contributed by atoms with Gasteiger partial charge in [-0.15, -0.1) is 0 Å². The molecule has 4 atom stereocenters. The van der Waals surface area contributed by atoms with E-state index in [4.69, 9.17) is 4.74 Å². The molecule has 0 aromatic carbocycles. The van der Waals surface area contributed by atoms with E-state index in [1.165, 1.54) is 25.7 Å². The van der Waals surface area contributed by atoms with Crippen LogP contribution in [0, 0.1) is 28.6 Å². The number of hydrogen-bond donors (Lipinski definition) is 0. The van der Waals surface area contributed by atoms with Gasteiger partial charge in [0.05, 0.1) is 18.1 Å². The molecule has 1 saturated carbocycles. The van der Waals surface area contributed by atoms with Gasteiger partial charge < -0.3 is 4.74 Å². The van der Waals surface area contributed by atoms with E-state index in [-0.39, 0.29) is 5.92 Å². The number of thioether (sulfide) groups is 1. The first-order valence-corrected chi connectivity index (χ1v) is 8.68. The average molecular weight is 281 g/mol. The van der Waals surface area contributed by atoms with Gasteiger partial charge in [0.1, 0.15) is 0 Å². The largest absolute Gasteiger partial charge is 0.377 e. The van der Waals surface area contributed by atoms with Gasteiger partial charge in [-0.1, -0.05) is 20.8 Å². The minimum absolute atomic E-state index is 0.255. The number of ether oxygens (including phenoxy) is 1. The second-order valence-electron chi connectivity index (χ2n) is 7.12. The van der Waals surface area contributed by atoms with Gasteiger partial charge in [0, 0.05) is 17.6 Å². The monoisotopic (exact) mass is 281 g/mol. The summed E-state index contributed by atoms with van der Waals surface area (Å²) in [4.78, 5) is 0. The summed E-state index contributed by atoms with van der Waals surface area (Å²) in [6.45, 7) is 7.95. The Kier molecular flexibility index (Phi) is 5.20. The summed E-state index contributed by atoms with van der Waals surface area (Å²) < 4.78 is 5.70. The fourth-order valence-electron chi connectivity index (χ4n) is 3.25. The highest BCUT2D eigenvalue weighted by Gasteiger charge is 2.36. The van der Waals surface area contributed by atoms with E-state index in [2.05, 4.69) is 26.8 Å². The molecule has 108 valence electrons.